The molecule has 2 N–H and O–H groups in total. The molecule has 121 valence electrons. The van der Waals surface area contributed by atoms with E-state index in [0.717, 1.165) is 7.69 Å². The molecule has 0 aliphatic rings. The standard InChI is InChI=1S/C14H27BNO5/c1-12(2,3)20-11(17)16-9-8-10-19-15-21-14(6,7)13(4,5)18/h8,10,18H,9H2,1-7H3,(H,16,17). The highest BCUT2D eigenvalue weighted by molar-refractivity contribution is 6.18. The van der Waals surface area contributed by atoms with Gasteiger partial charge in [0.2, 0.25) is 0 Å². The van der Waals surface area contributed by atoms with Gasteiger partial charge in [-0.05, 0) is 54.5 Å². The van der Waals surface area contributed by atoms with Crippen molar-refractivity contribution in [3.63, 3.8) is 0 Å². The minimum Gasteiger partial charge on any atom is -0.543 e. The van der Waals surface area contributed by atoms with Gasteiger partial charge >= 0.3 is 13.8 Å². The summed E-state index contributed by atoms with van der Waals surface area (Å²) in [5.41, 5.74) is -2.31. The van der Waals surface area contributed by atoms with E-state index in [1.54, 1.807) is 54.5 Å². The van der Waals surface area contributed by atoms with Gasteiger partial charge in [0.05, 0.1) is 17.5 Å². The SMILES string of the molecule is CC(C)(C)OC(=O)NCC=CO[B]OC(C)(C)C(C)(C)O. The number of rotatable bonds is 7. The maximum absolute atomic E-state index is 11.3. The topological polar surface area (TPSA) is 77.0 Å². The van der Waals surface area contributed by atoms with Gasteiger partial charge in [-0.15, -0.1) is 0 Å². The van der Waals surface area contributed by atoms with Gasteiger partial charge < -0.3 is 24.5 Å². The summed E-state index contributed by atoms with van der Waals surface area (Å²) in [5, 5.41) is 12.4. The van der Waals surface area contributed by atoms with Crippen molar-refractivity contribution in [2.24, 2.45) is 0 Å². The van der Waals surface area contributed by atoms with Crippen molar-refractivity contribution >= 4 is 13.8 Å². The van der Waals surface area contributed by atoms with Crippen LogP contribution in [0.25, 0.3) is 0 Å². The minimum absolute atomic E-state index is 0.275. The smallest absolute Gasteiger partial charge is 0.543 e. The third-order valence-electron chi connectivity index (χ3n) is 2.81. The molecule has 21 heavy (non-hydrogen) atoms. The fourth-order valence-corrected chi connectivity index (χ4v) is 0.884. The first-order valence-electron chi connectivity index (χ1n) is 6.84. The molecular weight excluding hydrogens is 273 g/mol. The van der Waals surface area contributed by atoms with Gasteiger partial charge in [0.15, 0.2) is 0 Å². The third-order valence-corrected chi connectivity index (χ3v) is 2.81. The molecule has 6 nitrogen and oxygen atoms in total. The number of nitrogens with one attached hydrogen (secondary N) is 1. The number of ether oxygens (including phenoxy) is 1. The van der Waals surface area contributed by atoms with Crippen LogP contribution in [0.5, 0.6) is 0 Å². The second-order valence-corrected chi connectivity index (χ2v) is 6.67. The Morgan fingerprint density at radius 1 is 1.19 bits per heavy atom. The molecule has 0 aliphatic carbocycles. The summed E-state index contributed by atoms with van der Waals surface area (Å²) in [6, 6.07) is 0. The fourth-order valence-electron chi connectivity index (χ4n) is 0.884. The van der Waals surface area contributed by atoms with Gasteiger partial charge in [0, 0.05) is 6.54 Å². The summed E-state index contributed by atoms with van der Waals surface area (Å²) >= 11 is 0. The van der Waals surface area contributed by atoms with Gasteiger partial charge in [-0.25, -0.2) is 4.79 Å². The van der Waals surface area contributed by atoms with Gasteiger partial charge in [-0.1, -0.05) is 0 Å². The average Bonchev–Trinajstić information content (AvgIpc) is 2.23. The molecule has 0 atom stereocenters. The van der Waals surface area contributed by atoms with Gasteiger partial charge in [0.25, 0.3) is 0 Å². The van der Waals surface area contributed by atoms with Crippen LogP contribution in [0, 0.1) is 0 Å². The Morgan fingerprint density at radius 2 is 1.76 bits per heavy atom. The number of alkyl carbamates (subject to hydrolysis) is 1. The second kappa shape index (κ2) is 7.70. The molecule has 0 bridgehead atoms. The molecule has 0 rings (SSSR count). The van der Waals surface area contributed by atoms with Crippen LogP contribution >= 0.6 is 0 Å². The molecule has 0 spiro atoms. The Balaban J connectivity index is 3.83. The van der Waals surface area contributed by atoms with Crippen molar-refractivity contribution in [1.82, 2.24) is 5.32 Å². The Kier molecular flexibility index (Phi) is 7.26. The number of hydrogen-bond acceptors (Lipinski definition) is 5. The highest BCUT2D eigenvalue weighted by Crippen LogP contribution is 2.24. The normalized spacial score (nSPS) is 13.1. The number of aliphatic hydroxyl groups is 1. The van der Waals surface area contributed by atoms with Crippen molar-refractivity contribution in [1.29, 1.82) is 0 Å². The molecule has 0 aromatic carbocycles. The molecule has 0 aromatic rings. The molecule has 7 heteroatoms. The molecule has 1 radical (unpaired) electrons. The summed E-state index contributed by atoms with van der Waals surface area (Å²) in [6.45, 7) is 12.5. The van der Waals surface area contributed by atoms with E-state index in [2.05, 4.69) is 5.32 Å². The van der Waals surface area contributed by atoms with E-state index in [-0.39, 0.29) is 6.54 Å². The van der Waals surface area contributed by atoms with Gasteiger partial charge in [0.1, 0.15) is 5.60 Å². The van der Waals surface area contributed by atoms with Crippen LogP contribution in [0.4, 0.5) is 4.79 Å². The summed E-state index contributed by atoms with van der Waals surface area (Å²) < 4.78 is 15.4. The van der Waals surface area contributed by atoms with Crippen LogP contribution in [-0.4, -0.2) is 42.2 Å². The third kappa shape index (κ3) is 9.36. The zero-order valence-corrected chi connectivity index (χ0v) is 14.0. The van der Waals surface area contributed by atoms with Crippen LogP contribution in [0.3, 0.4) is 0 Å². The predicted octanol–water partition coefficient (Wildman–Crippen LogP) is 2.14. The van der Waals surface area contributed by atoms with E-state index in [1.165, 1.54) is 6.26 Å². The average molecular weight is 300 g/mol. The summed E-state index contributed by atoms with van der Waals surface area (Å²) in [7, 11) is 1.14. The quantitative estimate of drug-likeness (QED) is 0.428. The lowest BCUT2D eigenvalue weighted by atomic mass is 9.89. The van der Waals surface area contributed by atoms with Crippen molar-refractivity contribution in [3.8, 4) is 0 Å². The highest BCUT2D eigenvalue weighted by Gasteiger charge is 2.36. The molecule has 0 heterocycles. The van der Waals surface area contributed by atoms with E-state index < -0.39 is 22.9 Å². The zero-order valence-electron chi connectivity index (χ0n) is 14.0. The van der Waals surface area contributed by atoms with Gasteiger partial charge in [-0.3, -0.25) is 0 Å². The first-order valence-corrected chi connectivity index (χ1v) is 6.84. The monoisotopic (exact) mass is 300 g/mol. The van der Waals surface area contributed by atoms with Crippen LogP contribution in [0.1, 0.15) is 48.5 Å². The van der Waals surface area contributed by atoms with Crippen molar-refractivity contribution in [3.05, 3.63) is 12.3 Å². The minimum atomic E-state index is -1.01. The van der Waals surface area contributed by atoms with E-state index in [9.17, 15) is 9.90 Å². The van der Waals surface area contributed by atoms with E-state index in [0.29, 0.717) is 0 Å². The Labute approximate surface area is 128 Å². The molecule has 0 saturated heterocycles. The Bertz CT molecular complexity index is 355. The van der Waals surface area contributed by atoms with Crippen molar-refractivity contribution < 1.29 is 23.9 Å². The highest BCUT2D eigenvalue weighted by atomic mass is 16.6. The molecule has 0 fully saturated rings. The lowest BCUT2D eigenvalue weighted by Crippen LogP contribution is -2.48. The van der Waals surface area contributed by atoms with Gasteiger partial charge in [-0.2, -0.15) is 0 Å². The first kappa shape index (κ1) is 19.8. The van der Waals surface area contributed by atoms with Crippen LogP contribution < -0.4 is 5.32 Å². The number of carbonyl (C=O) groups is 1. The Morgan fingerprint density at radius 3 is 2.24 bits per heavy atom. The predicted molar refractivity (Wildman–Crippen MR) is 81.7 cm³/mol. The van der Waals surface area contributed by atoms with Crippen LogP contribution in [-0.2, 0) is 14.0 Å². The van der Waals surface area contributed by atoms with Crippen LogP contribution in [0.2, 0.25) is 0 Å². The fraction of sp³-hybridized carbons (Fsp3) is 0.786. The van der Waals surface area contributed by atoms with Crippen molar-refractivity contribution in [2.75, 3.05) is 6.54 Å². The molecule has 0 unspecified atom stereocenters. The zero-order chi connectivity index (χ0) is 16.7. The van der Waals surface area contributed by atoms with Crippen LogP contribution in [0.15, 0.2) is 12.3 Å². The lowest BCUT2D eigenvalue weighted by Gasteiger charge is -2.36. The van der Waals surface area contributed by atoms with E-state index in [4.69, 9.17) is 14.0 Å². The molecular formula is C14H27BNO5. The first-order chi connectivity index (χ1) is 9.35. The summed E-state index contributed by atoms with van der Waals surface area (Å²) in [5.74, 6) is 0. The van der Waals surface area contributed by atoms with E-state index >= 15 is 0 Å². The number of amides is 1. The molecule has 0 aromatic heterocycles. The van der Waals surface area contributed by atoms with Crippen molar-refractivity contribution in [2.45, 2.75) is 65.3 Å². The Hall–Kier alpha value is -1.21. The molecule has 1 amide bonds. The molecule has 0 aliphatic heterocycles. The second-order valence-electron chi connectivity index (χ2n) is 6.67. The lowest BCUT2D eigenvalue weighted by molar-refractivity contribution is -0.0959. The number of hydrogen-bond donors (Lipinski definition) is 2. The number of carbonyl (C=O) groups excluding carboxylic acids is 1. The summed E-state index contributed by atoms with van der Waals surface area (Å²) in [4.78, 5) is 11.3. The molecule has 0 saturated carbocycles. The van der Waals surface area contributed by atoms with E-state index in [1.807, 2.05) is 0 Å². The largest absolute Gasteiger partial charge is 0.572 e. The maximum Gasteiger partial charge on any atom is 0.572 e. The summed E-state index contributed by atoms with van der Waals surface area (Å²) in [6.07, 6.45) is 2.48. The maximum atomic E-state index is 11.3.